The Morgan fingerprint density at radius 2 is 1.67 bits per heavy atom. The van der Waals surface area contributed by atoms with Crippen LogP contribution >= 0.6 is 23.2 Å². The van der Waals surface area contributed by atoms with Crippen molar-refractivity contribution in [2.45, 2.75) is 0 Å². The summed E-state index contributed by atoms with van der Waals surface area (Å²) in [7, 11) is 0. The fourth-order valence-corrected chi connectivity index (χ4v) is 2.61. The molecule has 0 fully saturated rings. The largest absolute Gasteiger partial charge is 0.438 e. The molecule has 0 unspecified atom stereocenters. The Balaban J connectivity index is 2.11. The number of hydrogen-bond donors (Lipinski definition) is 1. The number of ether oxygens (including phenoxy) is 1. The van der Waals surface area contributed by atoms with Crippen LogP contribution in [0.3, 0.4) is 0 Å². The first-order valence-electron chi connectivity index (χ1n) is 6.90. The van der Waals surface area contributed by atoms with Gasteiger partial charge in [0, 0.05) is 6.20 Å². The van der Waals surface area contributed by atoms with Gasteiger partial charge in [-0.15, -0.1) is 0 Å². The molecule has 7 heteroatoms. The van der Waals surface area contributed by atoms with Crippen molar-refractivity contribution in [3.63, 3.8) is 0 Å². The molecule has 120 valence electrons. The number of amides is 1. The second-order valence-corrected chi connectivity index (χ2v) is 5.60. The molecule has 5 nitrogen and oxygen atoms in total. The van der Waals surface area contributed by atoms with Gasteiger partial charge in [0.15, 0.2) is 5.82 Å². The van der Waals surface area contributed by atoms with E-state index in [0.29, 0.717) is 21.4 Å². The third kappa shape index (κ3) is 3.32. The Bertz CT molecular complexity index is 881. The Morgan fingerprint density at radius 3 is 2.29 bits per heavy atom. The molecule has 24 heavy (non-hydrogen) atoms. The summed E-state index contributed by atoms with van der Waals surface area (Å²) in [6.45, 7) is 0. The molecule has 3 rings (SSSR count). The van der Waals surface area contributed by atoms with Gasteiger partial charge in [0.05, 0.1) is 15.6 Å². The molecule has 0 atom stereocenters. The summed E-state index contributed by atoms with van der Waals surface area (Å²) in [5, 5.41) is 0.778. The second-order valence-electron chi connectivity index (χ2n) is 4.79. The number of para-hydroxylation sites is 1. The number of aromatic nitrogens is 2. The van der Waals surface area contributed by atoms with Gasteiger partial charge in [-0.1, -0.05) is 47.5 Å². The highest BCUT2D eigenvalue weighted by Crippen LogP contribution is 2.34. The number of nitrogens with two attached hydrogens (primary N) is 1. The average molecular weight is 360 g/mol. The highest BCUT2D eigenvalue weighted by Gasteiger charge is 2.18. The lowest BCUT2D eigenvalue weighted by Gasteiger charge is -2.11. The van der Waals surface area contributed by atoms with Crippen molar-refractivity contribution in [3.05, 3.63) is 70.3 Å². The molecular formula is C17H11Cl2N3O2. The molecule has 0 saturated carbocycles. The van der Waals surface area contributed by atoms with Crippen LogP contribution in [0.4, 0.5) is 0 Å². The van der Waals surface area contributed by atoms with Crippen molar-refractivity contribution in [1.29, 1.82) is 0 Å². The Hall–Kier alpha value is -2.63. The maximum Gasteiger partial charge on any atom is 0.255 e. The van der Waals surface area contributed by atoms with Crippen molar-refractivity contribution in [2.75, 3.05) is 0 Å². The zero-order valence-corrected chi connectivity index (χ0v) is 13.8. The number of hydrogen-bond acceptors (Lipinski definition) is 4. The number of carbonyl (C=O) groups excluding carboxylic acids is 1. The van der Waals surface area contributed by atoms with Crippen LogP contribution in [0.25, 0.3) is 11.4 Å². The summed E-state index contributed by atoms with van der Waals surface area (Å²) in [4.78, 5) is 20.0. The van der Waals surface area contributed by atoms with Crippen molar-refractivity contribution in [3.8, 4) is 23.0 Å². The van der Waals surface area contributed by atoms with E-state index in [2.05, 4.69) is 9.97 Å². The summed E-state index contributed by atoms with van der Waals surface area (Å²) < 4.78 is 5.67. The first-order valence-corrected chi connectivity index (χ1v) is 7.66. The molecule has 2 N–H and O–H groups in total. The minimum atomic E-state index is -0.697. The SMILES string of the molecule is NC(=O)c1cnc(-c2c(Cl)cccc2Cl)nc1Oc1ccccc1. The fraction of sp³-hybridized carbons (Fsp3) is 0. The van der Waals surface area contributed by atoms with E-state index in [-0.39, 0.29) is 17.3 Å². The summed E-state index contributed by atoms with van der Waals surface area (Å²) >= 11 is 12.4. The molecule has 0 spiro atoms. The highest BCUT2D eigenvalue weighted by molar-refractivity contribution is 6.38. The molecule has 1 amide bonds. The first-order chi connectivity index (χ1) is 11.6. The van der Waals surface area contributed by atoms with Crippen molar-refractivity contribution in [1.82, 2.24) is 9.97 Å². The zero-order chi connectivity index (χ0) is 17.1. The van der Waals surface area contributed by atoms with Crippen LogP contribution < -0.4 is 10.5 Å². The zero-order valence-electron chi connectivity index (χ0n) is 12.2. The average Bonchev–Trinajstić information content (AvgIpc) is 2.55. The lowest BCUT2D eigenvalue weighted by Crippen LogP contribution is -2.14. The van der Waals surface area contributed by atoms with Gasteiger partial charge in [-0.3, -0.25) is 4.79 Å². The normalized spacial score (nSPS) is 10.4. The van der Waals surface area contributed by atoms with Crippen LogP contribution in [-0.4, -0.2) is 15.9 Å². The molecule has 2 aromatic carbocycles. The Labute approximate surface area is 148 Å². The number of benzene rings is 2. The van der Waals surface area contributed by atoms with Crippen molar-refractivity contribution < 1.29 is 9.53 Å². The van der Waals surface area contributed by atoms with Gasteiger partial charge in [-0.05, 0) is 24.3 Å². The summed E-state index contributed by atoms with van der Waals surface area (Å²) in [6, 6.07) is 14.0. The molecule has 0 radical (unpaired) electrons. The van der Waals surface area contributed by atoms with E-state index >= 15 is 0 Å². The minimum Gasteiger partial charge on any atom is -0.438 e. The summed E-state index contributed by atoms with van der Waals surface area (Å²) in [6.07, 6.45) is 1.29. The van der Waals surface area contributed by atoms with E-state index in [1.165, 1.54) is 6.20 Å². The lowest BCUT2D eigenvalue weighted by atomic mass is 10.2. The highest BCUT2D eigenvalue weighted by atomic mass is 35.5. The standard InChI is InChI=1S/C17H11Cl2N3O2/c18-12-7-4-8-13(19)14(12)16-21-9-11(15(20)23)17(22-16)24-10-5-2-1-3-6-10/h1-9H,(H2,20,23). The maximum atomic E-state index is 11.6. The number of primary amides is 1. The van der Waals surface area contributed by atoms with E-state index in [4.69, 9.17) is 33.7 Å². The molecule has 3 aromatic rings. The van der Waals surface area contributed by atoms with Gasteiger partial charge in [-0.2, -0.15) is 4.98 Å². The molecule has 0 saturated heterocycles. The minimum absolute atomic E-state index is 0.0367. The van der Waals surface area contributed by atoms with Gasteiger partial charge < -0.3 is 10.5 Å². The van der Waals surface area contributed by atoms with Gasteiger partial charge in [0.2, 0.25) is 5.88 Å². The van der Waals surface area contributed by atoms with Crippen LogP contribution in [-0.2, 0) is 0 Å². The van der Waals surface area contributed by atoms with E-state index in [0.717, 1.165) is 0 Å². The first kappa shape index (κ1) is 16.2. The summed E-state index contributed by atoms with van der Waals surface area (Å²) in [5.41, 5.74) is 5.88. The molecule has 0 aliphatic rings. The number of carbonyl (C=O) groups is 1. The number of nitrogens with zero attached hydrogens (tertiary/aromatic N) is 2. The van der Waals surface area contributed by atoms with Crippen LogP contribution in [0.2, 0.25) is 10.0 Å². The molecule has 1 aromatic heterocycles. The smallest absolute Gasteiger partial charge is 0.255 e. The molecule has 0 aliphatic heterocycles. The fourth-order valence-electron chi connectivity index (χ4n) is 2.05. The van der Waals surface area contributed by atoms with E-state index < -0.39 is 5.91 Å². The third-order valence-electron chi connectivity index (χ3n) is 3.16. The predicted octanol–water partition coefficient (Wildman–Crippen LogP) is 4.34. The number of halogens is 2. The van der Waals surface area contributed by atoms with Gasteiger partial charge in [0.25, 0.3) is 5.91 Å². The Morgan fingerprint density at radius 1 is 1.00 bits per heavy atom. The van der Waals surface area contributed by atoms with Crippen molar-refractivity contribution >= 4 is 29.1 Å². The van der Waals surface area contributed by atoms with Crippen LogP contribution in [0, 0.1) is 0 Å². The Kier molecular flexibility index (Phi) is 4.64. The van der Waals surface area contributed by atoms with E-state index in [9.17, 15) is 4.79 Å². The molecule has 0 bridgehead atoms. The van der Waals surface area contributed by atoms with Crippen molar-refractivity contribution in [2.24, 2.45) is 5.73 Å². The molecular weight excluding hydrogens is 349 g/mol. The monoisotopic (exact) mass is 359 g/mol. The van der Waals surface area contributed by atoms with Crippen LogP contribution in [0.1, 0.15) is 10.4 Å². The van der Waals surface area contributed by atoms with Gasteiger partial charge in [0.1, 0.15) is 11.3 Å². The third-order valence-corrected chi connectivity index (χ3v) is 3.79. The quantitative estimate of drug-likeness (QED) is 0.751. The second kappa shape index (κ2) is 6.86. The lowest BCUT2D eigenvalue weighted by molar-refractivity contribution is 0.0997. The summed E-state index contributed by atoms with van der Waals surface area (Å²) in [5.74, 6) is 0.0869. The maximum absolute atomic E-state index is 11.6. The predicted molar refractivity (Wildman–Crippen MR) is 92.5 cm³/mol. The van der Waals surface area contributed by atoms with Crippen LogP contribution in [0.15, 0.2) is 54.7 Å². The number of rotatable bonds is 4. The van der Waals surface area contributed by atoms with Gasteiger partial charge >= 0.3 is 0 Å². The van der Waals surface area contributed by atoms with Crippen LogP contribution in [0.5, 0.6) is 11.6 Å². The van der Waals surface area contributed by atoms with E-state index in [1.54, 1.807) is 42.5 Å². The molecule has 0 aliphatic carbocycles. The van der Waals surface area contributed by atoms with Gasteiger partial charge in [-0.25, -0.2) is 4.98 Å². The molecule has 1 heterocycles. The topological polar surface area (TPSA) is 78.1 Å². The van der Waals surface area contributed by atoms with E-state index in [1.807, 2.05) is 6.07 Å².